The lowest BCUT2D eigenvalue weighted by Crippen LogP contribution is -3.28. The molecule has 3 rings (SSSR count). The van der Waals surface area contributed by atoms with Crippen molar-refractivity contribution in [3.63, 3.8) is 0 Å². The number of ether oxygens (including phenoxy) is 1. The molecule has 1 saturated heterocycles. The van der Waals surface area contributed by atoms with Crippen LogP contribution in [-0.2, 0) is 16.1 Å². The Kier molecular flexibility index (Phi) is 8.03. The van der Waals surface area contributed by atoms with Gasteiger partial charge in [-0.3, -0.25) is 9.59 Å². The van der Waals surface area contributed by atoms with Gasteiger partial charge in [-0.1, -0.05) is 17.7 Å². The van der Waals surface area contributed by atoms with E-state index in [4.69, 9.17) is 4.74 Å². The van der Waals surface area contributed by atoms with E-state index in [1.165, 1.54) is 20.3 Å². The van der Waals surface area contributed by atoms with Gasteiger partial charge in [0.15, 0.2) is 6.54 Å². The maximum absolute atomic E-state index is 12.6. The fourth-order valence-electron chi connectivity index (χ4n) is 3.83. The van der Waals surface area contributed by atoms with Crippen molar-refractivity contribution >= 4 is 17.5 Å². The lowest BCUT2D eigenvalue weighted by Gasteiger charge is -2.30. The molecule has 1 fully saturated rings. The van der Waals surface area contributed by atoms with Crippen molar-refractivity contribution in [3.8, 4) is 5.75 Å². The third kappa shape index (κ3) is 7.08. The van der Waals surface area contributed by atoms with Gasteiger partial charge >= 0.3 is 0 Å². The van der Waals surface area contributed by atoms with Gasteiger partial charge in [-0.05, 0) is 43.3 Å². The van der Waals surface area contributed by atoms with Crippen LogP contribution in [0.3, 0.4) is 0 Å². The maximum Gasteiger partial charge on any atom is 0.277 e. The number of quaternary nitrogens is 2. The van der Waals surface area contributed by atoms with Crippen LogP contribution >= 0.6 is 0 Å². The molecule has 1 aliphatic rings. The van der Waals surface area contributed by atoms with Crippen molar-refractivity contribution in [2.45, 2.75) is 13.5 Å². The Bertz CT molecular complexity index is 859. The second-order valence-electron chi connectivity index (χ2n) is 8.37. The number of carbonyl (C=O) groups excluding carboxylic acids is 2. The minimum Gasteiger partial charge on any atom is -0.497 e. The molecule has 0 atom stereocenters. The Balaban J connectivity index is 1.38. The lowest BCUT2D eigenvalue weighted by molar-refractivity contribution is -1.02. The Morgan fingerprint density at radius 3 is 2.19 bits per heavy atom. The molecular formula is C24H34N4O3+2. The summed E-state index contributed by atoms with van der Waals surface area (Å²) in [6.45, 7) is 7.48. The number of piperazine rings is 1. The quantitative estimate of drug-likeness (QED) is 0.527. The summed E-state index contributed by atoms with van der Waals surface area (Å²) in [7, 11) is 3.37. The molecule has 2 aromatic carbocycles. The van der Waals surface area contributed by atoms with E-state index < -0.39 is 0 Å². The smallest absolute Gasteiger partial charge is 0.277 e. The second-order valence-corrected chi connectivity index (χ2v) is 8.37. The molecule has 0 bridgehead atoms. The summed E-state index contributed by atoms with van der Waals surface area (Å²) in [5.41, 5.74) is 3.19. The summed E-state index contributed by atoms with van der Waals surface area (Å²) in [6.07, 6.45) is 0. The molecular weight excluding hydrogens is 392 g/mol. The van der Waals surface area contributed by atoms with Crippen LogP contribution < -0.4 is 19.9 Å². The molecule has 3 N–H and O–H groups in total. The molecule has 0 aromatic heterocycles. The zero-order valence-corrected chi connectivity index (χ0v) is 18.7. The largest absolute Gasteiger partial charge is 0.497 e. The molecule has 7 nitrogen and oxygen atoms in total. The Hall–Kier alpha value is -2.90. The minimum absolute atomic E-state index is 0.00709. The average molecular weight is 427 g/mol. The number of hydrogen-bond donors (Lipinski definition) is 3. The summed E-state index contributed by atoms with van der Waals surface area (Å²) in [5.74, 6) is 0.708. The van der Waals surface area contributed by atoms with E-state index in [1.807, 2.05) is 43.3 Å². The standard InChI is InChI=1S/C24H32N4O3/c1-19-4-8-21(9-5-19)25-23(29)17-26(2)24(30)18-28-14-12-27(13-15-28)16-20-6-10-22(31-3)11-7-20/h4-11H,12-18H2,1-3H3,(H,25,29)/p+2. The number of amides is 2. The van der Waals surface area contributed by atoms with Crippen molar-refractivity contribution in [3.05, 3.63) is 59.7 Å². The molecule has 1 aliphatic heterocycles. The highest BCUT2D eigenvalue weighted by atomic mass is 16.5. The highest BCUT2D eigenvalue weighted by Crippen LogP contribution is 2.10. The van der Waals surface area contributed by atoms with E-state index in [2.05, 4.69) is 17.4 Å². The van der Waals surface area contributed by atoms with Gasteiger partial charge in [-0.15, -0.1) is 0 Å². The molecule has 1 heterocycles. The van der Waals surface area contributed by atoms with E-state index in [9.17, 15) is 9.59 Å². The molecule has 31 heavy (non-hydrogen) atoms. The molecule has 2 amide bonds. The number of hydrogen-bond acceptors (Lipinski definition) is 3. The van der Waals surface area contributed by atoms with Crippen LogP contribution in [0.2, 0.25) is 0 Å². The van der Waals surface area contributed by atoms with Gasteiger partial charge in [0.05, 0.1) is 13.7 Å². The zero-order valence-electron chi connectivity index (χ0n) is 18.7. The third-order valence-electron chi connectivity index (χ3n) is 5.82. The monoisotopic (exact) mass is 426 g/mol. The molecule has 2 aromatic rings. The van der Waals surface area contributed by atoms with Crippen LogP contribution in [0.4, 0.5) is 5.69 Å². The summed E-state index contributed by atoms with van der Waals surface area (Å²) < 4.78 is 5.22. The first-order valence-corrected chi connectivity index (χ1v) is 10.8. The number of aryl methyl sites for hydroxylation is 1. The van der Waals surface area contributed by atoms with Crippen molar-refractivity contribution in [2.75, 3.05) is 58.7 Å². The summed E-state index contributed by atoms with van der Waals surface area (Å²) in [5, 5.41) is 2.84. The summed E-state index contributed by atoms with van der Waals surface area (Å²) >= 11 is 0. The molecule has 7 heteroatoms. The lowest BCUT2D eigenvalue weighted by atomic mass is 10.2. The molecule has 166 valence electrons. The van der Waals surface area contributed by atoms with Crippen LogP contribution in [0, 0.1) is 6.92 Å². The Morgan fingerprint density at radius 1 is 0.968 bits per heavy atom. The highest BCUT2D eigenvalue weighted by molar-refractivity contribution is 5.94. The van der Waals surface area contributed by atoms with Crippen molar-refractivity contribution < 1.29 is 24.1 Å². The minimum atomic E-state index is -0.177. The number of anilines is 1. The van der Waals surface area contributed by atoms with Gasteiger partial charge in [0, 0.05) is 18.3 Å². The average Bonchev–Trinajstić information content (AvgIpc) is 2.77. The molecule has 0 unspecified atom stereocenters. The predicted molar refractivity (Wildman–Crippen MR) is 120 cm³/mol. The highest BCUT2D eigenvalue weighted by Gasteiger charge is 2.26. The molecule has 0 aliphatic carbocycles. The van der Waals surface area contributed by atoms with Gasteiger partial charge in [0.1, 0.15) is 38.5 Å². The van der Waals surface area contributed by atoms with Crippen LogP contribution in [0.5, 0.6) is 5.75 Å². The Labute approximate surface area is 184 Å². The predicted octanol–water partition coefficient (Wildman–Crippen LogP) is -0.616. The molecule has 0 spiro atoms. The number of nitrogens with one attached hydrogen (secondary N) is 3. The zero-order chi connectivity index (χ0) is 22.2. The number of nitrogens with zero attached hydrogens (tertiary/aromatic N) is 1. The normalized spacial score (nSPS) is 18.3. The number of carbonyl (C=O) groups is 2. The van der Waals surface area contributed by atoms with E-state index in [0.717, 1.165) is 49.7 Å². The van der Waals surface area contributed by atoms with E-state index in [0.29, 0.717) is 6.54 Å². The SMILES string of the molecule is COc1ccc(C[NH+]2CC[NH+](CC(=O)N(C)CC(=O)Nc3ccc(C)cc3)CC2)cc1. The summed E-state index contributed by atoms with van der Waals surface area (Å²) in [6, 6.07) is 15.9. The number of methoxy groups -OCH3 is 1. The molecule has 0 radical (unpaired) electrons. The maximum atomic E-state index is 12.6. The first-order valence-electron chi connectivity index (χ1n) is 10.8. The molecule has 0 saturated carbocycles. The van der Waals surface area contributed by atoms with Gasteiger partial charge < -0.3 is 24.8 Å². The number of likely N-dealkylation sites (N-methyl/N-ethyl adjacent to an activating group) is 1. The summed E-state index contributed by atoms with van der Waals surface area (Å²) in [4.78, 5) is 29.2. The fourth-order valence-corrected chi connectivity index (χ4v) is 3.83. The van der Waals surface area contributed by atoms with E-state index >= 15 is 0 Å². The first kappa shape index (κ1) is 22.8. The van der Waals surface area contributed by atoms with Gasteiger partial charge in [-0.25, -0.2) is 0 Å². The van der Waals surface area contributed by atoms with Crippen molar-refractivity contribution in [1.29, 1.82) is 0 Å². The van der Waals surface area contributed by atoms with Gasteiger partial charge in [0.2, 0.25) is 5.91 Å². The van der Waals surface area contributed by atoms with Gasteiger partial charge in [-0.2, -0.15) is 0 Å². The van der Waals surface area contributed by atoms with Crippen LogP contribution in [0.15, 0.2) is 48.5 Å². The van der Waals surface area contributed by atoms with Crippen molar-refractivity contribution in [2.24, 2.45) is 0 Å². The number of rotatable bonds is 8. The Morgan fingerprint density at radius 2 is 1.58 bits per heavy atom. The topological polar surface area (TPSA) is 67.5 Å². The van der Waals surface area contributed by atoms with E-state index in [1.54, 1.807) is 14.2 Å². The van der Waals surface area contributed by atoms with Gasteiger partial charge in [0.25, 0.3) is 5.91 Å². The van der Waals surface area contributed by atoms with E-state index in [-0.39, 0.29) is 18.4 Å². The van der Waals surface area contributed by atoms with Crippen LogP contribution in [0.25, 0.3) is 0 Å². The first-order chi connectivity index (χ1) is 14.9. The third-order valence-corrected chi connectivity index (χ3v) is 5.82. The fraction of sp³-hybridized carbons (Fsp3) is 0.417. The number of benzene rings is 2. The second kappa shape index (κ2) is 10.9. The van der Waals surface area contributed by atoms with Crippen molar-refractivity contribution in [1.82, 2.24) is 4.90 Å². The van der Waals surface area contributed by atoms with Crippen LogP contribution in [-0.4, -0.2) is 70.1 Å². The van der Waals surface area contributed by atoms with Crippen LogP contribution in [0.1, 0.15) is 11.1 Å².